The quantitative estimate of drug-likeness (QED) is 0.266. The second-order valence-electron chi connectivity index (χ2n) is 9.67. The van der Waals surface area contributed by atoms with Crippen LogP contribution in [0.2, 0.25) is 0 Å². The number of nitrogens with zero attached hydrogens (tertiary/aromatic N) is 3. The summed E-state index contributed by atoms with van der Waals surface area (Å²) in [5.41, 5.74) is 5.05. The van der Waals surface area contributed by atoms with Gasteiger partial charge >= 0.3 is 35.9 Å². The summed E-state index contributed by atoms with van der Waals surface area (Å²) in [5, 5.41) is 4.87. The van der Waals surface area contributed by atoms with Crippen molar-refractivity contribution in [3.8, 4) is 28.4 Å². The summed E-state index contributed by atoms with van der Waals surface area (Å²) in [6.07, 6.45) is -4.78. The molecule has 2 heterocycles. The summed E-state index contributed by atoms with van der Waals surface area (Å²) >= 11 is 0. The number of aromatic amines is 1. The third-order valence-electron chi connectivity index (χ3n) is 5.87. The number of fused-ring (bicyclic) bond motifs is 1. The number of benzene rings is 3. The molecule has 0 bridgehead atoms. The Labute approximate surface area is 235 Å². The van der Waals surface area contributed by atoms with E-state index >= 15 is 0 Å². The van der Waals surface area contributed by atoms with Gasteiger partial charge in [-0.2, -0.15) is 5.10 Å². The van der Waals surface area contributed by atoms with Gasteiger partial charge in [0.25, 0.3) is 0 Å². The first-order valence-corrected chi connectivity index (χ1v) is 11.5. The van der Waals surface area contributed by atoms with Crippen molar-refractivity contribution in [3.05, 3.63) is 90.1 Å². The number of aromatic nitrogens is 4. The second-order valence-corrected chi connectivity index (χ2v) is 9.67. The number of ether oxygens (including phenoxy) is 1. The Morgan fingerprint density at radius 3 is 2.30 bits per heavy atom. The van der Waals surface area contributed by atoms with E-state index in [2.05, 4.69) is 30.5 Å². The van der Waals surface area contributed by atoms with Crippen LogP contribution in [0.5, 0.6) is 5.75 Å². The van der Waals surface area contributed by atoms with Gasteiger partial charge in [-0.1, -0.05) is 75.4 Å². The van der Waals surface area contributed by atoms with Crippen LogP contribution in [-0.2, 0) is 12.0 Å². The molecule has 0 aliphatic carbocycles. The summed E-state index contributed by atoms with van der Waals surface area (Å²) in [4.78, 5) is 8.14. The van der Waals surface area contributed by atoms with Gasteiger partial charge in [-0.25, -0.2) is 4.98 Å². The van der Waals surface area contributed by atoms with E-state index in [1.54, 1.807) is 24.3 Å². The summed E-state index contributed by atoms with van der Waals surface area (Å²) < 4.78 is 44.9. The first-order chi connectivity index (χ1) is 17.1. The van der Waals surface area contributed by atoms with Crippen molar-refractivity contribution in [3.63, 3.8) is 0 Å². The van der Waals surface area contributed by atoms with E-state index < -0.39 is 6.36 Å². The normalized spacial score (nSPS) is 11.9. The molecular formula is C28H26F3N4NaO. The molecule has 0 aliphatic heterocycles. The van der Waals surface area contributed by atoms with Gasteiger partial charge in [-0.15, -0.1) is 13.2 Å². The number of H-pyrrole nitrogens is 1. The first-order valence-electron chi connectivity index (χ1n) is 11.5. The SMILES string of the molecule is CC(C)(C)c1cc(-c2nc3cc(-c4ccccc4OC(F)(F)F)ccc3[nH]2)n(Cc2ccccc2)n1.[NaH]. The second kappa shape index (κ2) is 10.4. The monoisotopic (exact) mass is 514 g/mol. The number of imidazole rings is 1. The molecule has 0 spiro atoms. The molecule has 0 radical (unpaired) electrons. The Hall–Kier alpha value is -3.07. The van der Waals surface area contributed by atoms with Gasteiger partial charge in [0.2, 0.25) is 0 Å². The van der Waals surface area contributed by atoms with Crippen LogP contribution < -0.4 is 4.74 Å². The van der Waals surface area contributed by atoms with E-state index in [0.717, 1.165) is 22.5 Å². The fourth-order valence-corrected chi connectivity index (χ4v) is 4.06. The number of para-hydroxylation sites is 1. The molecule has 1 N–H and O–H groups in total. The molecule has 5 aromatic rings. The Morgan fingerprint density at radius 2 is 1.59 bits per heavy atom. The molecule has 9 heteroatoms. The van der Waals surface area contributed by atoms with E-state index in [1.807, 2.05) is 47.1 Å². The van der Waals surface area contributed by atoms with Crippen LogP contribution in [0.3, 0.4) is 0 Å². The van der Waals surface area contributed by atoms with Crippen LogP contribution in [0, 0.1) is 0 Å². The minimum absolute atomic E-state index is 0. The van der Waals surface area contributed by atoms with Gasteiger partial charge in [-0.3, -0.25) is 4.68 Å². The van der Waals surface area contributed by atoms with Crippen molar-refractivity contribution in [2.45, 2.75) is 39.1 Å². The predicted octanol–water partition coefficient (Wildman–Crippen LogP) is 6.69. The van der Waals surface area contributed by atoms with E-state index in [0.29, 0.717) is 29.0 Å². The summed E-state index contributed by atoms with van der Waals surface area (Å²) in [7, 11) is 0. The first kappa shape index (κ1) is 27.0. The molecule has 37 heavy (non-hydrogen) atoms. The molecule has 2 aromatic heterocycles. The molecule has 0 fully saturated rings. The number of hydrogen-bond donors (Lipinski definition) is 1. The number of halogens is 3. The molecule has 3 aromatic carbocycles. The maximum atomic E-state index is 12.9. The van der Waals surface area contributed by atoms with Gasteiger partial charge < -0.3 is 9.72 Å². The molecule has 0 saturated carbocycles. The van der Waals surface area contributed by atoms with E-state index in [-0.39, 0.29) is 40.7 Å². The third-order valence-corrected chi connectivity index (χ3v) is 5.87. The zero-order valence-corrected chi connectivity index (χ0v) is 20.1. The minimum atomic E-state index is -4.78. The Balaban J connectivity index is 0.00000320. The van der Waals surface area contributed by atoms with Gasteiger partial charge in [0.05, 0.1) is 23.3 Å². The van der Waals surface area contributed by atoms with E-state index in [9.17, 15) is 13.2 Å². The molecule has 0 amide bonds. The average Bonchev–Trinajstić information content (AvgIpc) is 3.42. The van der Waals surface area contributed by atoms with Crippen molar-refractivity contribution in [1.82, 2.24) is 19.7 Å². The molecule has 5 rings (SSSR count). The predicted molar refractivity (Wildman–Crippen MR) is 141 cm³/mol. The summed E-state index contributed by atoms with van der Waals surface area (Å²) in [6, 6.07) is 23.5. The summed E-state index contributed by atoms with van der Waals surface area (Å²) in [5.74, 6) is 0.386. The van der Waals surface area contributed by atoms with Gasteiger partial charge in [0.1, 0.15) is 11.4 Å². The zero-order chi connectivity index (χ0) is 25.5. The molecule has 186 valence electrons. The van der Waals surface area contributed by atoms with Crippen molar-refractivity contribution >= 4 is 40.6 Å². The van der Waals surface area contributed by atoms with Gasteiger partial charge in [0, 0.05) is 11.0 Å². The van der Waals surface area contributed by atoms with Crippen molar-refractivity contribution in [2.75, 3.05) is 0 Å². The molecule has 0 atom stereocenters. The standard InChI is InChI=1S/C28H25F3N4O.Na.H/c1-27(2,3)25-16-23(35(34-25)17-18-9-5-4-6-10-18)26-32-21-14-13-19(15-22(21)33-26)20-11-7-8-12-24(20)36-28(29,30)31;;/h4-16H,17H2,1-3H3,(H,32,33);;. The van der Waals surface area contributed by atoms with Crippen LogP contribution in [0.4, 0.5) is 13.2 Å². The molecule has 0 saturated heterocycles. The topological polar surface area (TPSA) is 55.7 Å². The van der Waals surface area contributed by atoms with Crippen LogP contribution in [0.25, 0.3) is 33.7 Å². The Kier molecular flexibility index (Phi) is 7.55. The molecule has 0 unspecified atom stereocenters. The van der Waals surface area contributed by atoms with Crippen LogP contribution in [0.1, 0.15) is 32.0 Å². The van der Waals surface area contributed by atoms with E-state index in [4.69, 9.17) is 10.1 Å². The molecule has 5 nitrogen and oxygen atoms in total. The fourth-order valence-electron chi connectivity index (χ4n) is 4.06. The van der Waals surface area contributed by atoms with Crippen LogP contribution in [-0.4, -0.2) is 55.7 Å². The van der Waals surface area contributed by atoms with Gasteiger partial charge in [0.15, 0.2) is 5.82 Å². The average molecular weight is 515 g/mol. The molecule has 0 aliphatic rings. The van der Waals surface area contributed by atoms with Crippen LogP contribution >= 0.6 is 0 Å². The Bertz CT molecular complexity index is 1520. The molecular weight excluding hydrogens is 488 g/mol. The van der Waals surface area contributed by atoms with Crippen molar-refractivity contribution in [2.24, 2.45) is 0 Å². The third kappa shape index (κ3) is 6.09. The van der Waals surface area contributed by atoms with Gasteiger partial charge in [-0.05, 0) is 35.4 Å². The van der Waals surface area contributed by atoms with Crippen molar-refractivity contribution < 1.29 is 17.9 Å². The van der Waals surface area contributed by atoms with Crippen molar-refractivity contribution in [1.29, 1.82) is 0 Å². The number of nitrogens with one attached hydrogen (secondary N) is 1. The fraction of sp³-hybridized carbons (Fsp3) is 0.214. The number of rotatable bonds is 5. The van der Waals surface area contributed by atoms with E-state index in [1.165, 1.54) is 12.1 Å². The Morgan fingerprint density at radius 1 is 0.892 bits per heavy atom. The van der Waals surface area contributed by atoms with Crippen LogP contribution in [0.15, 0.2) is 78.9 Å². The summed E-state index contributed by atoms with van der Waals surface area (Å²) in [6.45, 7) is 6.91. The number of alkyl halides is 3. The number of hydrogen-bond acceptors (Lipinski definition) is 3. The zero-order valence-electron chi connectivity index (χ0n) is 20.1. The maximum absolute atomic E-state index is 12.9.